The van der Waals surface area contributed by atoms with Crippen LogP contribution in [0.25, 0.3) is 0 Å². The van der Waals surface area contributed by atoms with Crippen molar-refractivity contribution < 1.29 is 13.5 Å². The molecule has 3 N–H and O–H groups in total. The van der Waals surface area contributed by atoms with E-state index >= 15 is 0 Å². The van der Waals surface area contributed by atoms with Gasteiger partial charge in [0.05, 0.1) is 24.5 Å². The first-order valence-electron chi connectivity index (χ1n) is 6.36. The molecule has 0 amide bonds. The number of rotatable bonds is 8. The third kappa shape index (κ3) is 3.26. The normalized spacial score (nSPS) is 12.1. The summed E-state index contributed by atoms with van der Waals surface area (Å²) in [5.74, 6) is 0. The zero-order valence-corrected chi connectivity index (χ0v) is 12.7. The number of aliphatic hydroxyl groups excluding tert-OH is 1. The molecule has 0 saturated carbocycles. The van der Waals surface area contributed by atoms with Gasteiger partial charge >= 0.3 is 0 Å². The number of hydrogen-bond acceptors (Lipinski definition) is 5. The van der Waals surface area contributed by atoms with Crippen LogP contribution in [0.15, 0.2) is 17.6 Å². The summed E-state index contributed by atoms with van der Waals surface area (Å²) in [5, 5.41) is 13.2. The van der Waals surface area contributed by atoms with Crippen molar-refractivity contribution in [1.29, 1.82) is 0 Å². The van der Waals surface area contributed by atoms with E-state index < -0.39 is 10.0 Å². The third-order valence-corrected chi connectivity index (χ3v) is 5.05. The molecular formula is C12H22N4O3S. The molecule has 1 aromatic heterocycles. The highest BCUT2D eigenvalue weighted by atomic mass is 32.2. The van der Waals surface area contributed by atoms with Gasteiger partial charge in [0.25, 0.3) is 0 Å². The summed E-state index contributed by atoms with van der Waals surface area (Å²) in [6.07, 6.45) is 1.49. The minimum absolute atomic E-state index is 0.0231. The van der Waals surface area contributed by atoms with Crippen LogP contribution in [0.4, 0.5) is 0 Å². The van der Waals surface area contributed by atoms with Gasteiger partial charge in [0.15, 0.2) is 0 Å². The summed E-state index contributed by atoms with van der Waals surface area (Å²) < 4.78 is 28.1. The lowest BCUT2D eigenvalue weighted by atomic mass is 10.4. The van der Waals surface area contributed by atoms with Crippen molar-refractivity contribution in [2.75, 3.05) is 26.2 Å². The van der Waals surface area contributed by atoms with E-state index in [1.165, 1.54) is 10.4 Å². The number of sulfonamides is 1. The highest BCUT2D eigenvalue weighted by molar-refractivity contribution is 7.89. The molecule has 0 aliphatic carbocycles. The maximum atomic E-state index is 12.7. The predicted molar refractivity (Wildman–Crippen MR) is 76.8 cm³/mol. The van der Waals surface area contributed by atoms with Crippen LogP contribution in [0.3, 0.4) is 0 Å². The number of hydrogen-bond donors (Lipinski definition) is 2. The lowest BCUT2D eigenvalue weighted by molar-refractivity contribution is 0.260. The Morgan fingerprint density at radius 1 is 1.50 bits per heavy atom. The number of nitrogens with two attached hydrogens (primary N) is 1. The summed E-state index contributed by atoms with van der Waals surface area (Å²) in [7, 11) is -3.71. The fraction of sp³-hybridized carbons (Fsp3) is 0.583. The smallest absolute Gasteiger partial charge is 0.247 e. The number of aliphatic hydroxyl groups is 1. The van der Waals surface area contributed by atoms with Crippen LogP contribution in [0, 0.1) is 13.8 Å². The lowest BCUT2D eigenvalue weighted by Gasteiger charge is -2.19. The van der Waals surface area contributed by atoms with Gasteiger partial charge in [-0.05, 0) is 13.8 Å². The Balaban J connectivity index is 3.29. The van der Waals surface area contributed by atoms with Gasteiger partial charge in [-0.3, -0.25) is 4.68 Å². The van der Waals surface area contributed by atoms with E-state index in [4.69, 9.17) is 10.8 Å². The van der Waals surface area contributed by atoms with Gasteiger partial charge in [-0.1, -0.05) is 6.08 Å². The Morgan fingerprint density at radius 3 is 2.65 bits per heavy atom. The molecule has 8 heteroatoms. The summed E-state index contributed by atoms with van der Waals surface area (Å²) >= 11 is 0. The predicted octanol–water partition coefficient (Wildman–Crippen LogP) is -0.372. The zero-order valence-electron chi connectivity index (χ0n) is 11.9. The highest BCUT2D eigenvalue weighted by Crippen LogP contribution is 2.23. The molecule has 7 nitrogen and oxygen atoms in total. The molecule has 114 valence electrons. The van der Waals surface area contributed by atoms with Gasteiger partial charge in [0.1, 0.15) is 4.90 Å². The molecule has 0 saturated heterocycles. The highest BCUT2D eigenvalue weighted by Gasteiger charge is 2.29. The van der Waals surface area contributed by atoms with Gasteiger partial charge in [-0.15, -0.1) is 6.58 Å². The average molecular weight is 302 g/mol. The van der Waals surface area contributed by atoms with Gasteiger partial charge in [0.2, 0.25) is 10.0 Å². The first-order valence-corrected chi connectivity index (χ1v) is 7.80. The molecule has 0 aliphatic heterocycles. The fourth-order valence-corrected chi connectivity index (χ4v) is 3.86. The van der Waals surface area contributed by atoms with Crippen LogP contribution in [0.2, 0.25) is 0 Å². The summed E-state index contributed by atoms with van der Waals surface area (Å²) in [4.78, 5) is 0.182. The van der Waals surface area contributed by atoms with Crippen molar-refractivity contribution in [2.24, 2.45) is 5.73 Å². The second-order valence-corrected chi connectivity index (χ2v) is 6.26. The second kappa shape index (κ2) is 6.98. The maximum Gasteiger partial charge on any atom is 0.247 e. The van der Waals surface area contributed by atoms with E-state index in [-0.39, 0.29) is 24.6 Å². The Hall–Kier alpha value is -1.22. The van der Waals surface area contributed by atoms with Crippen LogP contribution in [-0.4, -0.2) is 53.9 Å². The summed E-state index contributed by atoms with van der Waals surface area (Å²) in [6, 6.07) is 0. The fourth-order valence-electron chi connectivity index (χ4n) is 2.09. The molecule has 0 unspecified atom stereocenters. The van der Waals surface area contributed by atoms with Crippen molar-refractivity contribution in [2.45, 2.75) is 25.3 Å². The number of aromatic nitrogens is 2. The van der Waals surface area contributed by atoms with E-state index in [1.807, 2.05) is 0 Å². The molecule has 0 bridgehead atoms. The van der Waals surface area contributed by atoms with Crippen LogP contribution in [-0.2, 0) is 16.6 Å². The molecule has 1 aromatic rings. The van der Waals surface area contributed by atoms with Gasteiger partial charge in [-0.2, -0.15) is 9.40 Å². The standard InChI is InChI=1S/C12H22N4O3S/c1-4-6-15(8-9-17)20(18,19)12-10(2)14-16(7-5-13)11(12)3/h4,17H,1,5-9,13H2,2-3H3. The minimum atomic E-state index is -3.71. The molecule has 0 spiro atoms. The monoisotopic (exact) mass is 302 g/mol. The van der Waals surface area contributed by atoms with E-state index in [1.54, 1.807) is 18.5 Å². The first-order chi connectivity index (χ1) is 9.39. The molecule has 0 radical (unpaired) electrons. The SMILES string of the molecule is C=CCN(CCO)S(=O)(=O)c1c(C)nn(CCN)c1C. The topological polar surface area (TPSA) is 101 Å². The number of nitrogens with zero attached hydrogens (tertiary/aromatic N) is 3. The van der Waals surface area contributed by atoms with Gasteiger partial charge < -0.3 is 10.8 Å². The molecule has 0 aliphatic rings. The molecule has 0 fully saturated rings. The Bertz CT molecular complexity index is 566. The van der Waals surface area contributed by atoms with Gasteiger partial charge in [0, 0.05) is 19.6 Å². The Labute approximate surface area is 119 Å². The van der Waals surface area contributed by atoms with Crippen LogP contribution < -0.4 is 5.73 Å². The third-order valence-electron chi connectivity index (χ3n) is 2.94. The number of aryl methyl sites for hydroxylation is 1. The van der Waals surface area contributed by atoms with Crippen molar-refractivity contribution in [3.63, 3.8) is 0 Å². The van der Waals surface area contributed by atoms with E-state index in [9.17, 15) is 8.42 Å². The largest absolute Gasteiger partial charge is 0.395 e. The van der Waals surface area contributed by atoms with Crippen molar-refractivity contribution in [1.82, 2.24) is 14.1 Å². The quantitative estimate of drug-likeness (QED) is 0.638. The average Bonchev–Trinajstić information content (AvgIpc) is 2.65. The molecule has 0 aromatic carbocycles. The second-order valence-electron chi connectivity index (χ2n) is 4.39. The Morgan fingerprint density at radius 2 is 2.15 bits per heavy atom. The van der Waals surface area contributed by atoms with E-state index in [0.717, 1.165) is 0 Å². The summed E-state index contributed by atoms with van der Waals surface area (Å²) in [6.45, 7) is 7.66. The minimum Gasteiger partial charge on any atom is -0.395 e. The maximum absolute atomic E-state index is 12.7. The van der Waals surface area contributed by atoms with Crippen LogP contribution >= 0.6 is 0 Å². The zero-order chi connectivity index (χ0) is 15.3. The lowest BCUT2D eigenvalue weighted by Crippen LogP contribution is -2.34. The van der Waals surface area contributed by atoms with Crippen molar-refractivity contribution in [3.05, 3.63) is 24.0 Å². The first kappa shape index (κ1) is 16.8. The molecule has 20 heavy (non-hydrogen) atoms. The van der Waals surface area contributed by atoms with Crippen LogP contribution in [0.1, 0.15) is 11.4 Å². The van der Waals surface area contributed by atoms with Crippen LogP contribution in [0.5, 0.6) is 0 Å². The van der Waals surface area contributed by atoms with Crippen molar-refractivity contribution >= 4 is 10.0 Å². The molecule has 1 rings (SSSR count). The van der Waals surface area contributed by atoms with Gasteiger partial charge in [-0.25, -0.2) is 8.42 Å². The van der Waals surface area contributed by atoms with E-state index in [2.05, 4.69) is 11.7 Å². The Kier molecular flexibility index (Phi) is 5.88. The molecule has 1 heterocycles. The molecule has 0 atom stereocenters. The van der Waals surface area contributed by atoms with E-state index in [0.29, 0.717) is 24.5 Å². The molecular weight excluding hydrogens is 280 g/mol. The van der Waals surface area contributed by atoms with Crippen molar-refractivity contribution in [3.8, 4) is 0 Å². The summed E-state index contributed by atoms with van der Waals surface area (Å²) in [5.41, 5.74) is 6.47.